The van der Waals surface area contributed by atoms with Crippen LogP contribution in [0.15, 0.2) is 0 Å². The Morgan fingerprint density at radius 2 is 1.67 bits per heavy atom. The second kappa shape index (κ2) is 5.86. The van der Waals surface area contributed by atoms with E-state index in [9.17, 15) is 5.11 Å². The van der Waals surface area contributed by atoms with Gasteiger partial charge >= 0.3 is 0 Å². The second-order valence-corrected chi connectivity index (χ2v) is 5.24. The van der Waals surface area contributed by atoms with Crippen molar-refractivity contribution >= 4 is 0 Å². The summed E-state index contributed by atoms with van der Waals surface area (Å²) in [7, 11) is 0. The third kappa shape index (κ3) is 3.46. The summed E-state index contributed by atoms with van der Waals surface area (Å²) >= 11 is 0. The monoisotopic (exact) mass is 212 g/mol. The highest BCUT2D eigenvalue weighted by Gasteiger charge is 2.24. The van der Waals surface area contributed by atoms with Crippen molar-refractivity contribution in [3.63, 3.8) is 0 Å². The predicted octanol–water partition coefficient (Wildman–Crippen LogP) is 2.74. The molecule has 2 nitrogen and oxygen atoms in total. The van der Waals surface area contributed by atoms with Gasteiger partial charge in [-0.05, 0) is 37.5 Å². The summed E-state index contributed by atoms with van der Waals surface area (Å²) in [6, 6.07) is 0. The van der Waals surface area contributed by atoms with E-state index in [1.807, 2.05) is 0 Å². The summed E-state index contributed by atoms with van der Waals surface area (Å²) in [5.41, 5.74) is 0. The Hall–Kier alpha value is -0.0800. The molecule has 2 atom stereocenters. The number of aliphatic hydroxyl groups is 1. The van der Waals surface area contributed by atoms with Crippen molar-refractivity contribution in [1.82, 2.24) is 0 Å². The SMILES string of the molecule is OC1CCCC1CCOCCC1CCC1. The fourth-order valence-electron chi connectivity index (χ4n) is 2.72. The normalized spacial score (nSPS) is 31.8. The molecule has 0 aromatic carbocycles. The molecule has 0 saturated heterocycles. The van der Waals surface area contributed by atoms with Crippen molar-refractivity contribution in [2.75, 3.05) is 13.2 Å². The third-order valence-corrected chi connectivity index (χ3v) is 4.15. The van der Waals surface area contributed by atoms with Gasteiger partial charge in [-0.1, -0.05) is 25.7 Å². The first kappa shape index (κ1) is 11.4. The molecular weight excluding hydrogens is 188 g/mol. The molecule has 0 bridgehead atoms. The van der Waals surface area contributed by atoms with Crippen LogP contribution in [0.5, 0.6) is 0 Å². The van der Waals surface area contributed by atoms with Gasteiger partial charge in [-0.25, -0.2) is 0 Å². The highest BCUT2D eigenvalue weighted by Crippen LogP contribution is 2.30. The molecule has 0 amide bonds. The van der Waals surface area contributed by atoms with Gasteiger partial charge in [0, 0.05) is 13.2 Å². The topological polar surface area (TPSA) is 29.5 Å². The number of hydrogen-bond donors (Lipinski definition) is 1. The maximum atomic E-state index is 9.63. The van der Waals surface area contributed by atoms with Gasteiger partial charge in [0.2, 0.25) is 0 Å². The molecule has 2 saturated carbocycles. The van der Waals surface area contributed by atoms with Crippen LogP contribution < -0.4 is 0 Å². The number of ether oxygens (including phenoxy) is 1. The van der Waals surface area contributed by atoms with Crippen LogP contribution in [0.2, 0.25) is 0 Å². The van der Waals surface area contributed by atoms with Gasteiger partial charge in [-0.3, -0.25) is 0 Å². The Labute approximate surface area is 93.0 Å². The van der Waals surface area contributed by atoms with Crippen molar-refractivity contribution in [2.24, 2.45) is 11.8 Å². The van der Waals surface area contributed by atoms with E-state index < -0.39 is 0 Å². The second-order valence-electron chi connectivity index (χ2n) is 5.24. The average Bonchev–Trinajstić information content (AvgIpc) is 2.55. The van der Waals surface area contributed by atoms with Gasteiger partial charge in [0.1, 0.15) is 0 Å². The van der Waals surface area contributed by atoms with Gasteiger partial charge in [-0.2, -0.15) is 0 Å². The molecule has 88 valence electrons. The Morgan fingerprint density at radius 3 is 2.27 bits per heavy atom. The summed E-state index contributed by atoms with van der Waals surface area (Å²) in [6.07, 6.45) is 9.96. The van der Waals surface area contributed by atoms with Crippen LogP contribution in [0.25, 0.3) is 0 Å². The molecule has 0 heterocycles. The zero-order valence-electron chi connectivity index (χ0n) is 9.66. The first-order valence-electron chi connectivity index (χ1n) is 6.62. The quantitative estimate of drug-likeness (QED) is 0.686. The molecule has 1 N–H and O–H groups in total. The van der Waals surface area contributed by atoms with Crippen LogP contribution in [-0.4, -0.2) is 24.4 Å². The molecule has 2 unspecified atom stereocenters. The summed E-state index contributed by atoms with van der Waals surface area (Å²) in [5.74, 6) is 1.48. The minimum Gasteiger partial charge on any atom is -0.393 e. The van der Waals surface area contributed by atoms with Gasteiger partial charge in [-0.15, -0.1) is 0 Å². The van der Waals surface area contributed by atoms with E-state index in [4.69, 9.17) is 4.74 Å². The lowest BCUT2D eigenvalue weighted by atomic mass is 9.83. The van der Waals surface area contributed by atoms with Crippen molar-refractivity contribution in [2.45, 2.75) is 57.5 Å². The summed E-state index contributed by atoms with van der Waals surface area (Å²) in [5, 5.41) is 9.63. The van der Waals surface area contributed by atoms with Crippen LogP contribution in [0.4, 0.5) is 0 Å². The third-order valence-electron chi connectivity index (χ3n) is 4.15. The van der Waals surface area contributed by atoms with Gasteiger partial charge in [0.15, 0.2) is 0 Å². The van der Waals surface area contributed by atoms with Crippen molar-refractivity contribution < 1.29 is 9.84 Å². The zero-order valence-corrected chi connectivity index (χ0v) is 9.66. The van der Waals surface area contributed by atoms with Crippen LogP contribution in [-0.2, 0) is 4.74 Å². The number of aliphatic hydroxyl groups excluding tert-OH is 1. The maximum absolute atomic E-state index is 9.63. The molecule has 0 aliphatic heterocycles. The van der Waals surface area contributed by atoms with Gasteiger partial charge in [0.25, 0.3) is 0 Å². The molecule has 0 aromatic heterocycles. The largest absolute Gasteiger partial charge is 0.393 e. The Morgan fingerprint density at radius 1 is 0.933 bits per heavy atom. The number of hydrogen-bond acceptors (Lipinski definition) is 2. The first-order valence-corrected chi connectivity index (χ1v) is 6.62. The van der Waals surface area contributed by atoms with Gasteiger partial charge in [0.05, 0.1) is 6.10 Å². The fraction of sp³-hybridized carbons (Fsp3) is 1.00. The first-order chi connectivity index (χ1) is 7.36. The molecule has 0 spiro atoms. The van der Waals surface area contributed by atoms with E-state index in [-0.39, 0.29) is 6.10 Å². The Balaban J connectivity index is 1.44. The minimum atomic E-state index is -0.0415. The van der Waals surface area contributed by atoms with Crippen molar-refractivity contribution in [3.05, 3.63) is 0 Å². The number of rotatable bonds is 6. The molecule has 2 aliphatic carbocycles. The molecule has 2 rings (SSSR count). The van der Waals surface area contributed by atoms with Crippen LogP contribution in [0.3, 0.4) is 0 Å². The lowest BCUT2D eigenvalue weighted by Crippen LogP contribution is -2.17. The molecular formula is C13H24O2. The zero-order chi connectivity index (χ0) is 10.5. The molecule has 2 fully saturated rings. The van der Waals surface area contributed by atoms with E-state index in [2.05, 4.69) is 0 Å². The van der Waals surface area contributed by atoms with E-state index in [1.54, 1.807) is 0 Å². The van der Waals surface area contributed by atoms with Crippen molar-refractivity contribution in [3.8, 4) is 0 Å². The summed E-state index contributed by atoms with van der Waals surface area (Å²) in [6.45, 7) is 1.79. The van der Waals surface area contributed by atoms with E-state index in [0.29, 0.717) is 5.92 Å². The summed E-state index contributed by atoms with van der Waals surface area (Å²) in [4.78, 5) is 0. The Bertz CT molecular complexity index is 177. The van der Waals surface area contributed by atoms with Crippen LogP contribution in [0, 0.1) is 11.8 Å². The molecule has 0 aromatic rings. The minimum absolute atomic E-state index is 0.0415. The highest BCUT2D eigenvalue weighted by atomic mass is 16.5. The van der Waals surface area contributed by atoms with Crippen LogP contribution >= 0.6 is 0 Å². The fourth-order valence-corrected chi connectivity index (χ4v) is 2.72. The van der Waals surface area contributed by atoms with Crippen LogP contribution in [0.1, 0.15) is 51.4 Å². The van der Waals surface area contributed by atoms with Gasteiger partial charge < -0.3 is 9.84 Å². The lowest BCUT2D eigenvalue weighted by molar-refractivity contribution is 0.0700. The van der Waals surface area contributed by atoms with E-state index >= 15 is 0 Å². The molecule has 2 aliphatic rings. The molecule has 2 heteroatoms. The van der Waals surface area contributed by atoms with Crippen molar-refractivity contribution in [1.29, 1.82) is 0 Å². The molecule has 0 radical (unpaired) electrons. The smallest absolute Gasteiger partial charge is 0.0569 e. The lowest BCUT2D eigenvalue weighted by Gasteiger charge is -2.25. The Kier molecular flexibility index (Phi) is 4.45. The standard InChI is InChI=1S/C13H24O2/c14-13-6-2-5-12(13)8-10-15-9-7-11-3-1-4-11/h11-14H,1-10H2. The molecule has 15 heavy (non-hydrogen) atoms. The highest BCUT2D eigenvalue weighted by molar-refractivity contribution is 4.76. The van der Waals surface area contributed by atoms with E-state index in [1.165, 1.54) is 38.5 Å². The predicted molar refractivity (Wildman–Crippen MR) is 60.7 cm³/mol. The average molecular weight is 212 g/mol. The maximum Gasteiger partial charge on any atom is 0.0569 e. The summed E-state index contributed by atoms with van der Waals surface area (Å²) < 4.78 is 5.64. The van der Waals surface area contributed by atoms with E-state index in [0.717, 1.165) is 32.0 Å².